The maximum atomic E-state index is 14.5. The molecule has 1 spiro atoms. The number of carbonyl (C=O) groups is 2. The van der Waals surface area contributed by atoms with E-state index in [0.717, 1.165) is 31.2 Å². The van der Waals surface area contributed by atoms with Gasteiger partial charge in [0.1, 0.15) is 17.2 Å². The van der Waals surface area contributed by atoms with E-state index in [-0.39, 0.29) is 36.0 Å². The van der Waals surface area contributed by atoms with Gasteiger partial charge < -0.3 is 10.2 Å². The smallest absolute Gasteiger partial charge is 0.275 e. The second-order valence-corrected chi connectivity index (χ2v) is 11.5. The molecule has 11 heteroatoms. The Hall–Kier alpha value is -3.66. The molecule has 0 saturated heterocycles. The summed E-state index contributed by atoms with van der Waals surface area (Å²) >= 11 is 6.02. The molecule has 3 aromatic rings. The number of alkyl halides is 1. The molecule has 0 bridgehead atoms. The van der Waals surface area contributed by atoms with Crippen molar-refractivity contribution in [3.8, 4) is 0 Å². The third-order valence-electron chi connectivity index (χ3n) is 8.40. The van der Waals surface area contributed by atoms with Crippen molar-refractivity contribution in [2.45, 2.75) is 77.0 Å². The molecule has 2 aromatic carbocycles. The second kappa shape index (κ2) is 12.1. The number of halogens is 2. The van der Waals surface area contributed by atoms with Crippen LogP contribution in [-0.4, -0.2) is 48.7 Å². The average molecular weight is 580 g/mol. The highest BCUT2D eigenvalue weighted by Crippen LogP contribution is 2.47. The first kappa shape index (κ1) is 28.9. The maximum absolute atomic E-state index is 14.5. The van der Waals surface area contributed by atoms with E-state index in [4.69, 9.17) is 16.6 Å². The lowest BCUT2D eigenvalue weighted by molar-refractivity contribution is -0.133. The van der Waals surface area contributed by atoms with Crippen molar-refractivity contribution in [1.29, 1.82) is 0 Å². The number of H-pyrrole nitrogens is 1. The van der Waals surface area contributed by atoms with Crippen LogP contribution in [0.3, 0.4) is 0 Å². The summed E-state index contributed by atoms with van der Waals surface area (Å²) in [6.07, 6.45) is 4.07. The topological polar surface area (TPSA) is 116 Å². The zero-order chi connectivity index (χ0) is 29.1. The van der Waals surface area contributed by atoms with Crippen molar-refractivity contribution in [2.24, 2.45) is 16.8 Å². The quantitative estimate of drug-likeness (QED) is 0.332. The lowest BCUT2D eigenvalue weighted by Crippen LogP contribution is -2.51. The third-order valence-corrected chi connectivity index (χ3v) is 8.71. The number of rotatable bonds is 9. The summed E-state index contributed by atoms with van der Waals surface area (Å²) in [5.41, 5.74) is 2.05. The molecular weight excluding hydrogens is 545 g/mol. The normalized spacial score (nSPS) is 21.4. The van der Waals surface area contributed by atoms with E-state index in [2.05, 4.69) is 39.8 Å². The van der Waals surface area contributed by atoms with E-state index in [0.29, 0.717) is 40.8 Å². The summed E-state index contributed by atoms with van der Waals surface area (Å²) in [6, 6.07) is 11.5. The van der Waals surface area contributed by atoms with Crippen molar-refractivity contribution < 1.29 is 14.0 Å². The fourth-order valence-corrected chi connectivity index (χ4v) is 6.32. The van der Waals surface area contributed by atoms with Crippen molar-refractivity contribution in [3.63, 3.8) is 0 Å². The van der Waals surface area contributed by atoms with Crippen LogP contribution >= 0.6 is 11.6 Å². The first-order chi connectivity index (χ1) is 19.7. The maximum Gasteiger partial charge on any atom is 0.275 e. The largest absolute Gasteiger partial charge is 0.345 e. The summed E-state index contributed by atoms with van der Waals surface area (Å²) in [7, 11) is 0. The lowest BCUT2D eigenvalue weighted by Gasteiger charge is -2.46. The van der Waals surface area contributed by atoms with Crippen molar-refractivity contribution >= 4 is 29.1 Å². The molecule has 0 radical (unpaired) electrons. The zero-order valence-corrected chi connectivity index (χ0v) is 24.3. The van der Waals surface area contributed by atoms with Gasteiger partial charge in [0, 0.05) is 17.0 Å². The fraction of sp³-hybridized carbons (Fsp3) is 0.467. The molecule has 1 aliphatic carbocycles. The monoisotopic (exact) mass is 579 g/mol. The van der Waals surface area contributed by atoms with Crippen LogP contribution in [0.15, 0.2) is 47.5 Å². The molecule has 216 valence electrons. The van der Waals surface area contributed by atoms with Gasteiger partial charge >= 0.3 is 0 Å². The fourth-order valence-electron chi connectivity index (χ4n) is 6.16. The summed E-state index contributed by atoms with van der Waals surface area (Å²) in [5.74, 6) is 0.748. The molecule has 1 aromatic heterocycles. The van der Waals surface area contributed by atoms with Crippen LogP contribution in [0.4, 0.5) is 4.39 Å². The number of carbonyl (C=O) groups excluding carboxylic acids is 2. The molecule has 2 amide bonds. The van der Waals surface area contributed by atoms with Gasteiger partial charge in [0.25, 0.3) is 11.8 Å². The Morgan fingerprint density at radius 1 is 1.20 bits per heavy atom. The van der Waals surface area contributed by atoms with Gasteiger partial charge in [-0.1, -0.05) is 38.1 Å². The van der Waals surface area contributed by atoms with Gasteiger partial charge in [-0.2, -0.15) is 5.21 Å². The molecule has 2 N–H and O–H groups in total. The molecular formula is C30H35ClFN7O2. The van der Waals surface area contributed by atoms with Crippen molar-refractivity contribution in [3.05, 3.63) is 76.4 Å². The molecule has 1 saturated carbocycles. The van der Waals surface area contributed by atoms with Crippen molar-refractivity contribution in [2.75, 3.05) is 0 Å². The summed E-state index contributed by atoms with van der Waals surface area (Å²) in [5, 5.41) is 16.3. The van der Waals surface area contributed by atoms with E-state index in [1.165, 1.54) is 12.1 Å². The van der Waals surface area contributed by atoms with Gasteiger partial charge in [0.2, 0.25) is 0 Å². The number of aromatic amines is 1. The molecule has 1 atom stereocenters. The van der Waals surface area contributed by atoms with Crippen molar-refractivity contribution in [1.82, 2.24) is 30.8 Å². The van der Waals surface area contributed by atoms with Crippen LogP contribution in [0.1, 0.15) is 91.8 Å². The van der Waals surface area contributed by atoms with Crippen LogP contribution in [0.2, 0.25) is 0 Å². The van der Waals surface area contributed by atoms with Crippen LogP contribution in [0.5, 0.6) is 0 Å². The van der Waals surface area contributed by atoms with E-state index >= 15 is 0 Å². The minimum Gasteiger partial charge on any atom is -0.345 e. The van der Waals surface area contributed by atoms with Gasteiger partial charge in [0.05, 0.1) is 12.6 Å². The minimum absolute atomic E-state index is 0.143. The standard InChI is InChI=1S/C30H35ClFN7O2/c1-4-25(21-5-7-22(8-6-21)28(40)33-17-26-35-37-38-36-26)39-29(41)27(23-13-19(16-31)14-24(32)15-23)34-30(39)11-9-20(10-12-30)18(2)3/h5-8,13-15,18,20,25H,4,9-12,16-17H2,1-3H3,(H,33,40)(H,35,36,37,38). The Labute approximate surface area is 244 Å². The number of hydrogen-bond donors (Lipinski definition) is 2. The SMILES string of the molecule is CCC(c1ccc(C(=O)NCc2nn[nH]n2)cc1)N1C(=O)C(c2cc(F)cc(CCl)c2)=NC12CCC(C(C)C)CC2. The van der Waals surface area contributed by atoms with Gasteiger partial charge in [-0.25, -0.2) is 4.39 Å². The molecule has 5 rings (SSSR count). The molecule has 1 unspecified atom stereocenters. The molecule has 2 heterocycles. The minimum atomic E-state index is -0.702. The predicted octanol–water partition coefficient (Wildman–Crippen LogP) is 5.33. The second-order valence-electron chi connectivity index (χ2n) is 11.2. The third kappa shape index (κ3) is 5.88. The first-order valence-corrected chi connectivity index (χ1v) is 14.7. The average Bonchev–Trinajstić information content (AvgIpc) is 3.59. The zero-order valence-electron chi connectivity index (χ0n) is 23.5. The Balaban J connectivity index is 1.45. The highest BCUT2D eigenvalue weighted by Gasteiger charge is 2.51. The number of amides is 2. The highest BCUT2D eigenvalue weighted by atomic mass is 35.5. The number of aliphatic imine (C=N–C) groups is 1. The summed E-state index contributed by atoms with van der Waals surface area (Å²) in [4.78, 5) is 33.9. The molecule has 1 aliphatic heterocycles. The number of nitrogens with zero attached hydrogens (tertiary/aromatic N) is 5. The number of aromatic nitrogens is 4. The van der Waals surface area contributed by atoms with Crippen LogP contribution < -0.4 is 5.32 Å². The number of nitrogens with one attached hydrogen (secondary N) is 2. The van der Waals surface area contributed by atoms with Gasteiger partial charge in [-0.05, 0) is 85.4 Å². The number of tetrazole rings is 1. The van der Waals surface area contributed by atoms with E-state index in [9.17, 15) is 14.0 Å². The predicted molar refractivity (Wildman–Crippen MR) is 154 cm³/mol. The Bertz CT molecular complexity index is 1420. The van der Waals surface area contributed by atoms with Gasteiger partial charge in [-0.15, -0.1) is 21.8 Å². The number of benzene rings is 2. The lowest BCUT2D eigenvalue weighted by atomic mass is 9.76. The van der Waals surface area contributed by atoms with Gasteiger partial charge in [0.15, 0.2) is 5.82 Å². The molecule has 9 nitrogen and oxygen atoms in total. The van der Waals surface area contributed by atoms with E-state index < -0.39 is 11.5 Å². The Morgan fingerprint density at radius 2 is 1.93 bits per heavy atom. The van der Waals surface area contributed by atoms with E-state index in [1.807, 2.05) is 24.0 Å². The van der Waals surface area contributed by atoms with Crippen LogP contribution in [-0.2, 0) is 17.2 Å². The molecule has 2 aliphatic rings. The van der Waals surface area contributed by atoms with Crippen LogP contribution in [0, 0.1) is 17.7 Å². The Morgan fingerprint density at radius 3 is 2.54 bits per heavy atom. The summed E-state index contributed by atoms with van der Waals surface area (Å²) < 4.78 is 14.5. The highest BCUT2D eigenvalue weighted by molar-refractivity contribution is 6.46. The molecule has 1 fully saturated rings. The van der Waals surface area contributed by atoms with Gasteiger partial charge in [-0.3, -0.25) is 14.6 Å². The summed E-state index contributed by atoms with van der Waals surface area (Å²) in [6.45, 7) is 6.68. The molecule has 41 heavy (non-hydrogen) atoms. The number of hydrogen-bond acceptors (Lipinski definition) is 6. The van der Waals surface area contributed by atoms with Crippen LogP contribution in [0.25, 0.3) is 0 Å². The Kier molecular flexibility index (Phi) is 8.49. The van der Waals surface area contributed by atoms with E-state index in [1.54, 1.807) is 18.2 Å². The first-order valence-electron chi connectivity index (χ1n) is 14.1.